The van der Waals surface area contributed by atoms with E-state index < -0.39 is 42.3 Å². The van der Waals surface area contributed by atoms with E-state index >= 15 is 0 Å². The van der Waals surface area contributed by atoms with Crippen LogP contribution in [0.5, 0.6) is 5.75 Å². The van der Waals surface area contributed by atoms with Crippen LogP contribution in [-0.2, 0) is 28.5 Å². The van der Waals surface area contributed by atoms with Crippen molar-refractivity contribution in [3.05, 3.63) is 24.3 Å². The fraction of sp³-hybridized carbons (Fsp3) is 0.720. The quantitative estimate of drug-likeness (QED) is 0.734. The smallest absolute Gasteiger partial charge is 0.256 e. The van der Waals surface area contributed by atoms with E-state index in [2.05, 4.69) is 5.32 Å². The number of fused-ring (bicyclic) bond motifs is 3. The van der Waals surface area contributed by atoms with E-state index in [1.54, 1.807) is 13.2 Å². The summed E-state index contributed by atoms with van der Waals surface area (Å²) in [6.45, 7) is 0. The second-order valence-electron chi connectivity index (χ2n) is 9.92. The van der Waals surface area contributed by atoms with Gasteiger partial charge < -0.3 is 33.7 Å². The molecule has 5 fully saturated rings. The standard InChI is InChI=1S/C25H33NO7/c1-28-17-11-5-4-10-16(17)26-22(27)20-18-19(31-24(30-18)12-6-2-7-13-24)21-23(29-20)33-25(32-21)14-8-3-9-15-25/h4-5,10-11,18-21,23H,2-3,6-9,12-15H2,1H3,(H,26,27)/t18-,19+,20+,21-,23-/m0/s1. The number of carbonyl (C=O) groups is 1. The van der Waals surface area contributed by atoms with Crippen LogP contribution < -0.4 is 10.1 Å². The predicted molar refractivity (Wildman–Crippen MR) is 118 cm³/mol. The summed E-state index contributed by atoms with van der Waals surface area (Å²) < 4.78 is 37.7. The van der Waals surface area contributed by atoms with Gasteiger partial charge in [0.05, 0.1) is 12.8 Å². The van der Waals surface area contributed by atoms with Crippen LogP contribution in [0.3, 0.4) is 0 Å². The number of methoxy groups -OCH3 is 1. The van der Waals surface area contributed by atoms with Crippen molar-refractivity contribution in [3.8, 4) is 5.75 Å². The first-order valence-corrected chi connectivity index (χ1v) is 12.4. The maximum absolute atomic E-state index is 13.5. The molecule has 6 rings (SSSR count). The Hall–Kier alpha value is -1.71. The van der Waals surface area contributed by atoms with Crippen molar-refractivity contribution < 1.29 is 33.2 Å². The Labute approximate surface area is 194 Å². The minimum absolute atomic E-state index is 0.294. The molecule has 1 amide bonds. The molecule has 0 radical (unpaired) electrons. The molecule has 5 aliphatic rings. The number of anilines is 1. The van der Waals surface area contributed by atoms with Gasteiger partial charge in [0, 0.05) is 25.7 Å². The van der Waals surface area contributed by atoms with Crippen LogP contribution in [0.25, 0.3) is 0 Å². The highest BCUT2D eigenvalue weighted by Crippen LogP contribution is 2.51. The zero-order valence-electron chi connectivity index (χ0n) is 19.1. The summed E-state index contributed by atoms with van der Waals surface area (Å²) in [7, 11) is 1.58. The zero-order chi connectivity index (χ0) is 22.5. The Bertz CT molecular complexity index is 879. The van der Waals surface area contributed by atoms with Gasteiger partial charge in [-0.3, -0.25) is 4.79 Å². The van der Waals surface area contributed by atoms with E-state index in [-0.39, 0.29) is 5.91 Å². The molecule has 3 saturated heterocycles. The normalized spacial score (nSPS) is 36.3. The first-order chi connectivity index (χ1) is 16.1. The van der Waals surface area contributed by atoms with Crippen LogP contribution in [0, 0.1) is 0 Å². The molecule has 1 aromatic rings. The Kier molecular flexibility index (Phi) is 5.62. The number of para-hydroxylation sites is 2. The molecule has 8 heteroatoms. The fourth-order valence-electron chi connectivity index (χ4n) is 6.12. The molecule has 5 atom stereocenters. The molecule has 0 unspecified atom stereocenters. The summed E-state index contributed by atoms with van der Waals surface area (Å²) in [5.41, 5.74) is 0.589. The Morgan fingerprint density at radius 1 is 0.848 bits per heavy atom. The molecule has 2 spiro atoms. The van der Waals surface area contributed by atoms with Crippen molar-refractivity contribution >= 4 is 11.6 Å². The SMILES string of the molecule is COc1ccccc1NC(=O)[C@@H]1O[C@H]2OC3(CCCCC3)O[C@H]2[C@@H]2OC3(CCCCC3)O[C@@H]21. The van der Waals surface area contributed by atoms with Gasteiger partial charge in [-0.15, -0.1) is 0 Å². The number of nitrogens with one attached hydrogen (secondary N) is 1. The van der Waals surface area contributed by atoms with Gasteiger partial charge in [-0.1, -0.05) is 25.0 Å². The summed E-state index contributed by atoms with van der Waals surface area (Å²) >= 11 is 0. The highest BCUT2D eigenvalue weighted by molar-refractivity contribution is 5.96. The summed E-state index contributed by atoms with van der Waals surface area (Å²) in [5.74, 6) is -1.01. The largest absolute Gasteiger partial charge is 0.495 e. The van der Waals surface area contributed by atoms with Crippen molar-refractivity contribution in [3.63, 3.8) is 0 Å². The van der Waals surface area contributed by atoms with E-state index in [1.807, 2.05) is 18.2 Å². The lowest BCUT2D eigenvalue weighted by Gasteiger charge is -2.36. The first kappa shape index (κ1) is 21.8. The minimum Gasteiger partial charge on any atom is -0.495 e. The predicted octanol–water partition coefficient (Wildman–Crippen LogP) is 3.88. The van der Waals surface area contributed by atoms with Crippen LogP contribution in [0.15, 0.2) is 24.3 Å². The summed E-state index contributed by atoms with van der Waals surface area (Å²) in [6, 6.07) is 7.33. The van der Waals surface area contributed by atoms with Gasteiger partial charge >= 0.3 is 0 Å². The Balaban J connectivity index is 1.28. The average Bonchev–Trinajstić information content (AvgIpc) is 3.37. The maximum Gasteiger partial charge on any atom is 0.256 e. The van der Waals surface area contributed by atoms with Crippen molar-refractivity contribution in [2.24, 2.45) is 0 Å². The number of ether oxygens (including phenoxy) is 6. The van der Waals surface area contributed by atoms with E-state index in [0.717, 1.165) is 51.4 Å². The van der Waals surface area contributed by atoms with Crippen molar-refractivity contribution in [2.45, 2.75) is 106 Å². The highest BCUT2D eigenvalue weighted by Gasteiger charge is 2.65. The van der Waals surface area contributed by atoms with Gasteiger partial charge in [0.25, 0.3) is 5.91 Å². The molecule has 0 aromatic heterocycles. The van der Waals surface area contributed by atoms with Gasteiger partial charge in [0.2, 0.25) is 0 Å². The Morgan fingerprint density at radius 2 is 1.45 bits per heavy atom. The van der Waals surface area contributed by atoms with Crippen molar-refractivity contribution in [1.82, 2.24) is 0 Å². The number of hydrogen-bond acceptors (Lipinski definition) is 7. The van der Waals surface area contributed by atoms with E-state index in [4.69, 9.17) is 28.4 Å². The number of carbonyl (C=O) groups excluding carboxylic acids is 1. The monoisotopic (exact) mass is 459 g/mol. The Morgan fingerprint density at radius 3 is 2.15 bits per heavy atom. The fourth-order valence-corrected chi connectivity index (χ4v) is 6.12. The molecule has 2 aliphatic carbocycles. The average molecular weight is 460 g/mol. The molecular formula is C25H33NO7. The number of rotatable bonds is 3. The third kappa shape index (κ3) is 3.86. The lowest BCUT2D eigenvalue weighted by atomic mass is 9.94. The third-order valence-electron chi connectivity index (χ3n) is 7.73. The van der Waals surface area contributed by atoms with Gasteiger partial charge in [0.1, 0.15) is 24.1 Å². The number of hydrogen-bond donors (Lipinski definition) is 1. The van der Waals surface area contributed by atoms with Crippen molar-refractivity contribution in [1.29, 1.82) is 0 Å². The molecule has 3 heterocycles. The van der Waals surface area contributed by atoms with Gasteiger partial charge in [-0.25, -0.2) is 0 Å². The maximum atomic E-state index is 13.5. The lowest BCUT2D eigenvalue weighted by Crippen LogP contribution is -2.58. The summed E-state index contributed by atoms with van der Waals surface area (Å²) in [4.78, 5) is 13.5. The molecule has 8 nitrogen and oxygen atoms in total. The summed E-state index contributed by atoms with van der Waals surface area (Å²) in [5, 5.41) is 2.97. The van der Waals surface area contributed by atoms with Gasteiger partial charge in [-0.05, 0) is 37.8 Å². The van der Waals surface area contributed by atoms with Crippen molar-refractivity contribution in [2.75, 3.05) is 12.4 Å². The molecular weight excluding hydrogens is 426 g/mol. The van der Waals surface area contributed by atoms with Crippen LogP contribution in [0.2, 0.25) is 0 Å². The van der Waals surface area contributed by atoms with Crippen LogP contribution >= 0.6 is 0 Å². The second-order valence-corrected chi connectivity index (χ2v) is 9.92. The van der Waals surface area contributed by atoms with Crippen LogP contribution in [-0.4, -0.2) is 55.3 Å². The molecule has 33 heavy (non-hydrogen) atoms. The topological polar surface area (TPSA) is 84.5 Å². The summed E-state index contributed by atoms with van der Waals surface area (Å²) in [6.07, 6.45) is 7.02. The number of benzene rings is 1. The van der Waals surface area contributed by atoms with Crippen LogP contribution in [0.4, 0.5) is 5.69 Å². The molecule has 1 aromatic carbocycles. The molecule has 2 saturated carbocycles. The highest BCUT2D eigenvalue weighted by atomic mass is 16.9. The molecule has 0 bridgehead atoms. The lowest BCUT2D eigenvalue weighted by molar-refractivity contribution is -0.246. The molecule has 3 aliphatic heterocycles. The van der Waals surface area contributed by atoms with Crippen LogP contribution in [0.1, 0.15) is 64.2 Å². The van der Waals surface area contributed by atoms with Gasteiger partial charge in [-0.2, -0.15) is 0 Å². The van der Waals surface area contributed by atoms with E-state index in [0.29, 0.717) is 11.4 Å². The molecule has 180 valence electrons. The minimum atomic E-state index is -0.871. The second kappa shape index (κ2) is 8.50. The van der Waals surface area contributed by atoms with E-state index in [9.17, 15) is 4.79 Å². The first-order valence-electron chi connectivity index (χ1n) is 12.4. The number of amides is 1. The van der Waals surface area contributed by atoms with Gasteiger partial charge in [0.15, 0.2) is 24.0 Å². The zero-order valence-corrected chi connectivity index (χ0v) is 19.1. The van der Waals surface area contributed by atoms with E-state index in [1.165, 1.54) is 12.8 Å². The third-order valence-corrected chi connectivity index (χ3v) is 7.73. The molecule has 1 N–H and O–H groups in total.